The highest BCUT2D eigenvalue weighted by Crippen LogP contribution is 2.24. The van der Waals surface area contributed by atoms with Crippen molar-refractivity contribution in [2.45, 2.75) is 0 Å². The van der Waals surface area contributed by atoms with Crippen molar-refractivity contribution in [1.82, 2.24) is 0 Å². The summed E-state index contributed by atoms with van der Waals surface area (Å²) in [5, 5.41) is 6.39. The number of halogens is 1. The molecule has 0 fully saturated rings. The van der Waals surface area contributed by atoms with Gasteiger partial charge in [-0.25, -0.2) is 4.99 Å². The van der Waals surface area contributed by atoms with E-state index < -0.39 is 0 Å². The van der Waals surface area contributed by atoms with Crippen molar-refractivity contribution in [3.63, 3.8) is 0 Å². The van der Waals surface area contributed by atoms with E-state index in [1.807, 2.05) is 17.5 Å². The van der Waals surface area contributed by atoms with Crippen molar-refractivity contribution in [2.75, 3.05) is 0 Å². The van der Waals surface area contributed by atoms with Crippen LogP contribution >= 0.6 is 33.9 Å². The van der Waals surface area contributed by atoms with Crippen LogP contribution in [0.3, 0.4) is 0 Å². The average Bonchev–Trinajstić information content (AvgIpc) is 2.81. The zero-order valence-electron chi connectivity index (χ0n) is 8.04. The van der Waals surface area contributed by atoms with Crippen LogP contribution in [0.2, 0.25) is 0 Å². The van der Waals surface area contributed by atoms with Gasteiger partial charge in [-0.2, -0.15) is 4.99 Å². The van der Waals surface area contributed by atoms with Crippen LogP contribution in [0, 0.1) is 0 Å². The Labute approximate surface area is 109 Å². The molecule has 80 valence electrons. The molecule has 0 aliphatic carbocycles. The van der Waals surface area contributed by atoms with Crippen molar-refractivity contribution < 1.29 is 4.70 Å². The van der Waals surface area contributed by atoms with Crippen molar-refractivity contribution in [1.29, 1.82) is 0 Å². The molecule has 0 saturated carbocycles. The summed E-state index contributed by atoms with van der Waals surface area (Å²) in [6.45, 7) is 0. The molecule has 2 aliphatic rings. The minimum absolute atomic E-state index is 0.130. The number of amidine groups is 2. The minimum Gasteiger partial charge on any atom is -0.236 e. The van der Waals surface area contributed by atoms with Crippen LogP contribution in [0.25, 0.3) is 0 Å². The summed E-state index contributed by atoms with van der Waals surface area (Å²) in [5.41, 5.74) is 0. The Morgan fingerprint density at radius 3 is 3.06 bits per heavy atom. The summed E-state index contributed by atoms with van der Waals surface area (Å²) in [7, 11) is 0. The lowest BCUT2D eigenvalue weighted by Crippen LogP contribution is -2.49. The molecule has 0 bridgehead atoms. The molecule has 0 radical (unpaired) electrons. The van der Waals surface area contributed by atoms with Gasteiger partial charge in [-0.3, -0.25) is 0 Å². The SMILES string of the molecule is N[N+]12C=C(I)N=CC1=NC(c1cccs1)=N2. The number of nitrogens with zero attached hydrogens (tertiary/aromatic N) is 4. The van der Waals surface area contributed by atoms with Gasteiger partial charge in [-0.05, 0) is 43.8 Å². The van der Waals surface area contributed by atoms with E-state index in [1.54, 1.807) is 23.8 Å². The standard InChI is InChI=1S/C9H7IN5S/c10-7-5-15(11)8(4-12-7)13-9(14-15)6-2-1-3-16-6/h1-5H,11H2/q+1. The van der Waals surface area contributed by atoms with Gasteiger partial charge in [-0.1, -0.05) is 6.07 Å². The molecule has 1 aromatic rings. The van der Waals surface area contributed by atoms with Gasteiger partial charge in [0, 0.05) is 0 Å². The summed E-state index contributed by atoms with van der Waals surface area (Å²) >= 11 is 3.70. The quantitative estimate of drug-likeness (QED) is 0.359. The number of hydrogen-bond donors (Lipinski definition) is 1. The molecule has 2 aliphatic heterocycles. The molecule has 2 N–H and O–H groups in total. The zero-order chi connectivity index (χ0) is 11.2. The first-order valence-corrected chi connectivity index (χ1v) is 6.46. The van der Waals surface area contributed by atoms with Crippen LogP contribution in [0.1, 0.15) is 4.88 Å². The fourth-order valence-electron chi connectivity index (χ4n) is 1.46. The lowest BCUT2D eigenvalue weighted by Gasteiger charge is -2.17. The van der Waals surface area contributed by atoms with E-state index in [2.05, 4.69) is 37.7 Å². The maximum atomic E-state index is 6.10. The zero-order valence-corrected chi connectivity index (χ0v) is 11.0. The van der Waals surface area contributed by atoms with Gasteiger partial charge in [0.25, 0.3) is 5.84 Å². The third-order valence-corrected chi connectivity index (χ3v) is 3.62. The number of thiophene rings is 1. The van der Waals surface area contributed by atoms with Crippen molar-refractivity contribution in [3.8, 4) is 0 Å². The highest BCUT2D eigenvalue weighted by atomic mass is 127. The summed E-state index contributed by atoms with van der Waals surface area (Å²) in [4.78, 5) is 9.56. The predicted molar refractivity (Wildman–Crippen MR) is 73.3 cm³/mol. The predicted octanol–water partition coefficient (Wildman–Crippen LogP) is 1.83. The van der Waals surface area contributed by atoms with Crippen LogP contribution in [0.4, 0.5) is 0 Å². The number of aliphatic imine (C=N–C) groups is 2. The first-order valence-electron chi connectivity index (χ1n) is 4.50. The lowest BCUT2D eigenvalue weighted by atomic mass is 10.4. The molecule has 0 amide bonds. The summed E-state index contributed by atoms with van der Waals surface area (Å²) in [6.07, 6.45) is 3.42. The Balaban J connectivity index is 2.09. The molecular weight excluding hydrogens is 337 g/mol. The van der Waals surface area contributed by atoms with E-state index in [4.69, 9.17) is 5.84 Å². The first kappa shape index (κ1) is 10.3. The molecule has 7 heteroatoms. The van der Waals surface area contributed by atoms with E-state index in [-0.39, 0.29) is 4.70 Å². The highest BCUT2D eigenvalue weighted by molar-refractivity contribution is 14.1. The highest BCUT2D eigenvalue weighted by Gasteiger charge is 2.38. The third kappa shape index (κ3) is 1.56. The molecule has 1 aromatic heterocycles. The van der Waals surface area contributed by atoms with Gasteiger partial charge in [0.2, 0.25) is 5.84 Å². The topological polar surface area (TPSA) is 63.1 Å². The number of fused-ring (bicyclic) bond motifs is 1. The summed E-state index contributed by atoms with van der Waals surface area (Å²) in [6, 6.07) is 3.94. The fraction of sp³-hybridized carbons (Fsp3) is 0. The molecule has 0 spiro atoms. The van der Waals surface area contributed by atoms with E-state index >= 15 is 0 Å². The van der Waals surface area contributed by atoms with E-state index in [0.29, 0.717) is 11.7 Å². The Hall–Kier alpha value is -0.900. The Morgan fingerprint density at radius 1 is 1.44 bits per heavy atom. The molecule has 3 rings (SSSR count). The van der Waals surface area contributed by atoms with Crippen LogP contribution in [0.5, 0.6) is 0 Å². The molecule has 1 atom stereocenters. The molecule has 5 nitrogen and oxygen atoms in total. The monoisotopic (exact) mass is 344 g/mol. The van der Waals surface area contributed by atoms with Gasteiger partial charge in [0.1, 0.15) is 6.21 Å². The lowest BCUT2D eigenvalue weighted by molar-refractivity contribution is -0.803. The van der Waals surface area contributed by atoms with Gasteiger partial charge in [-0.15, -0.1) is 17.2 Å². The number of hydrogen-bond acceptors (Lipinski definition) is 5. The Kier molecular flexibility index (Phi) is 2.28. The second-order valence-electron chi connectivity index (χ2n) is 3.32. The second-order valence-corrected chi connectivity index (χ2v) is 5.37. The van der Waals surface area contributed by atoms with Crippen LogP contribution in [0.15, 0.2) is 42.5 Å². The molecule has 0 saturated heterocycles. The molecule has 3 heterocycles. The minimum atomic E-state index is -0.130. The normalized spacial score (nSPS) is 27.2. The maximum Gasteiger partial charge on any atom is 0.300 e. The van der Waals surface area contributed by atoms with Gasteiger partial charge in [0.15, 0.2) is 9.90 Å². The number of quaternary nitrogens is 1. The Bertz CT molecular complexity index is 556. The fourth-order valence-corrected chi connectivity index (χ4v) is 2.68. The van der Waals surface area contributed by atoms with E-state index in [1.165, 1.54) is 0 Å². The average molecular weight is 344 g/mol. The molecular formula is C9H7IN5S+. The number of rotatable bonds is 1. The summed E-state index contributed by atoms with van der Waals surface area (Å²) in [5.74, 6) is 7.41. The maximum absolute atomic E-state index is 6.10. The molecule has 16 heavy (non-hydrogen) atoms. The molecule has 1 unspecified atom stereocenters. The second kappa shape index (κ2) is 3.55. The number of nitrogens with two attached hydrogens (primary N) is 1. The van der Waals surface area contributed by atoms with Crippen molar-refractivity contribution in [2.24, 2.45) is 20.9 Å². The first-order chi connectivity index (χ1) is 7.67. The smallest absolute Gasteiger partial charge is 0.236 e. The van der Waals surface area contributed by atoms with E-state index in [9.17, 15) is 0 Å². The van der Waals surface area contributed by atoms with E-state index in [0.717, 1.165) is 8.58 Å². The van der Waals surface area contributed by atoms with Crippen LogP contribution in [-0.4, -0.2) is 22.6 Å². The largest absolute Gasteiger partial charge is 0.300 e. The molecule has 0 aromatic carbocycles. The van der Waals surface area contributed by atoms with Gasteiger partial charge >= 0.3 is 0 Å². The van der Waals surface area contributed by atoms with Crippen LogP contribution < -0.4 is 5.84 Å². The Morgan fingerprint density at radius 2 is 2.31 bits per heavy atom. The van der Waals surface area contributed by atoms with Crippen molar-refractivity contribution in [3.05, 3.63) is 32.3 Å². The summed E-state index contributed by atoms with van der Waals surface area (Å²) < 4.78 is 0.685. The van der Waals surface area contributed by atoms with Crippen LogP contribution in [-0.2, 0) is 0 Å². The van der Waals surface area contributed by atoms with Gasteiger partial charge in [0.05, 0.1) is 4.88 Å². The van der Waals surface area contributed by atoms with Crippen molar-refractivity contribution >= 4 is 51.8 Å². The third-order valence-electron chi connectivity index (χ3n) is 2.20. The van der Waals surface area contributed by atoms with Gasteiger partial charge < -0.3 is 0 Å².